The molecule has 1 aromatic heterocycles. The van der Waals surface area contributed by atoms with Gasteiger partial charge < -0.3 is 9.72 Å². The van der Waals surface area contributed by atoms with E-state index in [9.17, 15) is 4.79 Å². The number of H-pyrrole nitrogens is 1. The second-order valence-electron chi connectivity index (χ2n) is 6.34. The quantitative estimate of drug-likeness (QED) is 0.728. The minimum Gasteiger partial charge on any atom is -0.444 e. The van der Waals surface area contributed by atoms with Gasteiger partial charge in [-0.2, -0.15) is 0 Å². The van der Waals surface area contributed by atoms with Crippen LogP contribution in [0.1, 0.15) is 20.8 Å². The summed E-state index contributed by atoms with van der Waals surface area (Å²) in [4.78, 5) is 19.3. The van der Waals surface area contributed by atoms with Crippen LogP contribution < -0.4 is 5.32 Å². The van der Waals surface area contributed by atoms with Crippen molar-refractivity contribution in [3.8, 4) is 11.3 Å². The van der Waals surface area contributed by atoms with E-state index in [0.29, 0.717) is 5.69 Å². The van der Waals surface area contributed by atoms with Crippen LogP contribution in [0.5, 0.6) is 0 Å². The number of aromatic nitrogens is 2. The standard InChI is InChI=1S/C18H19N3O2/c1-18(2,3)23-17(22)21-15-9-13-7-5-4-6-12(13)8-14(15)16-10-19-11-20-16/h4-11H,1-3H3,(H,19,20)(H,21,22). The smallest absolute Gasteiger partial charge is 0.412 e. The summed E-state index contributed by atoms with van der Waals surface area (Å²) in [6.07, 6.45) is 2.86. The molecule has 0 aliphatic heterocycles. The lowest BCUT2D eigenvalue weighted by Gasteiger charge is -2.20. The zero-order valence-electron chi connectivity index (χ0n) is 13.4. The molecular formula is C18H19N3O2. The molecule has 0 radical (unpaired) electrons. The van der Waals surface area contributed by atoms with Gasteiger partial charge in [-0.1, -0.05) is 24.3 Å². The molecule has 0 unspecified atom stereocenters. The molecule has 0 aliphatic rings. The zero-order valence-corrected chi connectivity index (χ0v) is 13.4. The van der Waals surface area contributed by atoms with Gasteiger partial charge in [-0.3, -0.25) is 5.32 Å². The Hall–Kier alpha value is -2.82. The number of anilines is 1. The molecule has 0 spiro atoms. The van der Waals surface area contributed by atoms with Crippen molar-refractivity contribution in [2.24, 2.45) is 0 Å². The highest BCUT2D eigenvalue weighted by molar-refractivity contribution is 5.98. The first-order valence-corrected chi connectivity index (χ1v) is 7.44. The van der Waals surface area contributed by atoms with Crippen LogP contribution in [0.2, 0.25) is 0 Å². The minimum absolute atomic E-state index is 0.478. The van der Waals surface area contributed by atoms with Crippen LogP contribution >= 0.6 is 0 Å². The lowest BCUT2D eigenvalue weighted by molar-refractivity contribution is 0.0636. The molecule has 0 saturated heterocycles. The molecule has 3 rings (SSSR count). The highest BCUT2D eigenvalue weighted by atomic mass is 16.6. The van der Waals surface area contributed by atoms with Crippen molar-refractivity contribution in [1.29, 1.82) is 0 Å². The second-order valence-corrected chi connectivity index (χ2v) is 6.34. The third-order valence-corrected chi connectivity index (χ3v) is 3.31. The highest BCUT2D eigenvalue weighted by Crippen LogP contribution is 2.31. The van der Waals surface area contributed by atoms with Crippen molar-refractivity contribution < 1.29 is 9.53 Å². The topological polar surface area (TPSA) is 67.0 Å². The predicted octanol–water partition coefficient (Wildman–Crippen LogP) is 4.58. The van der Waals surface area contributed by atoms with Crippen molar-refractivity contribution in [1.82, 2.24) is 9.97 Å². The maximum atomic E-state index is 12.1. The summed E-state index contributed by atoms with van der Waals surface area (Å²) >= 11 is 0. The summed E-state index contributed by atoms with van der Waals surface area (Å²) in [5.74, 6) is 0. The van der Waals surface area contributed by atoms with Crippen LogP contribution in [-0.4, -0.2) is 21.7 Å². The van der Waals surface area contributed by atoms with Gasteiger partial charge in [0, 0.05) is 5.56 Å². The lowest BCUT2D eigenvalue weighted by atomic mass is 10.0. The molecule has 23 heavy (non-hydrogen) atoms. The molecule has 2 aromatic carbocycles. The number of imidazole rings is 1. The minimum atomic E-state index is -0.547. The number of amides is 1. The molecule has 0 bridgehead atoms. The van der Waals surface area contributed by atoms with Crippen LogP contribution in [0.25, 0.3) is 22.0 Å². The first-order chi connectivity index (χ1) is 10.9. The van der Waals surface area contributed by atoms with E-state index in [4.69, 9.17) is 4.74 Å². The molecule has 1 heterocycles. The summed E-state index contributed by atoms with van der Waals surface area (Å²) in [5, 5.41) is 4.97. The summed E-state index contributed by atoms with van der Waals surface area (Å²) in [6, 6.07) is 12.0. The van der Waals surface area contributed by atoms with Crippen molar-refractivity contribution in [3.05, 3.63) is 48.9 Å². The largest absolute Gasteiger partial charge is 0.444 e. The van der Waals surface area contributed by atoms with Gasteiger partial charge in [0.15, 0.2) is 0 Å². The fraction of sp³-hybridized carbons (Fsp3) is 0.222. The van der Waals surface area contributed by atoms with Crippen molar-refractivity contribution in [3.63, 3.8) is 0 Å². The lowest BCUT2D eigenvalue weighted by Crippen LogP contribution is -2.27. The van der Waals surface area contributed by atoms with E-state index in [1.807, 2.05) is 57.2 Å². The fourth-order valence-electron chi connectivity index (χ4n) is 2.38. The molecule has 3 aromatic rings. The van der Waals surface area contributed by atoms with Gasteiger partial charge in [-0.25, -0.2) is 9.78 Å². The van der Waals surface area contributed by atoms with Gasteiger partial charge in [0.1, 0.15) is 5.60 Å². The van der Waals surface area contributed by atoms with E-state index in [1.165, 1.54) is 0 Å². The number of nitrogens with zero attached hydrogens (tertiary/aromatic N) is 1. The molecule has 0 fully saturated rings. The number of aromatic amines is 1. The Morgan fingerprint density at radius 1 is 1.17 bits per heavy atom. The van der Waals surface area contributed by atoms with Crippen molar-refractivity contribution in [2.45, 2.75) is 26.4 Å². The van der Waals surface area contributed by atoms with Crippen molar-refractivity contribution in [2.75, 3.05) is 5.32 Å². The van der Waals surface area contributed by atoms with Crippen LogP contribution in [-0.2, 0) is 4.74 Å². The second kappa shape index (κ2) is 5.76. The first-order valence-electron chi connectivity index (χ1n) is 7.44. The van der Waals surface area contributed by atoms with Crippen LogP contribution in [0, 0.1) is 0 Å². The molecule has 2 N–H and O–H groups in total. The van der Waals surface area contributed by atoms with Gasteiger partial charge in [-0.15, -0.1) is 0 Å². The predicted molar refractivity (Wildman–Crippen MR) is 91.4 cm³/mol. The molecule has 0 saturated carbocycles. The van der Waals surface area contributed by atoms with Crippen LogP contribution in [0.3, 0.4) is 0 Å². The Kier molecular flexibility index (Phi) is 3.78. The number of hydrogen-bond acceptors (Lipinski definition) is 3. The van der Waals surface area contributed by atoms with Gasteiger partial charge in [0.05, 0.1) is 23.9 Å². The average Bonchev–Trinajstić information content (AvgIpc) is 2.98. The maximum Gasteiger partial charge on any atom is 0.412 e. The number of carbonyl (C=O) groups excluding carboxylic acids is 1. The van der Waals surface area contributed by atoms with Crippen LogP contribution in [0.15, 0.2) is 48.9 Å². The molecule has 5 nitrogen and oxygen atoms in total. The number of carbonyl (C=O) groups is 1. The summed E-state index contributed by atoms with van der Waals surface area (Å²) in [7, 11) is 0. The van der Waals surface area contributed by atoms with Gasteiger partial charge in [-0.05, 0) is 43.7 Å². The Morgan fingerprint density at radius 3 is 2.48 bits per heavy atom. The van der Waals surface area contributed by atoms with E-state index >= 15 is 0 Å². The third kappa shape index (κ3) is 3.51. The summed E-state index contributed by atoms with van der Waals surface area (Å²) in [5.41, 5.74) is 1.84. The zero-order chi connectivity index (χ0) is 16.4. The number of hydrogen-bond donors (Lipinski definition) is 2. The van der Waals surface area contributed by atoms with E-state index in [2.05, 4.69) is 15.3 Å². The normalized spacial score (nSPS) is 11.4. The number of nitrogens with one attached hydrogen (secondary N) is 2. The molecule has 0 aliphatic carbocycles. The average molecular weight is 309 g/mol. The number of ether oxygens (including phenoxy) is 1. The number of fused-ring (bicyclic) bond motifs is 1. The fourth-order valence-corrected chi connectivity index (χ4v) is 2.38. The molecule has 118 valence electrons. The highest BCUT2D eigenvalue weighted by Gasteiger charge is 2.18. The Labute approximate surface area is 134 Å². The monoisotopic (exact) mass is 309 g/mol. The van der Waals surface area contributed by atoms with E-state index in [0.717, 1.165) is 22.0 Å². The summed E-state index contributed by atoms with van der Waals surface area (Å²) < 4.78 is 5.35. The SMILES string of the molecule is CC(C)(C)OC(=O)Nc1cc2ccccc2cc1-c1cnc[nH]1. The first kappa shape index (κ1) is 15.1. The Bertz CT molecular complexity index is 833. The van der Waals surface area contributed by atoms with E-state index < -0.39 is 11.7 Å². The van der Waals surface area contributed by atoms with E-state index in [1.54, 1.807) is 12.5 Å². The van der Waals surface area contributed by atoms with E-state index in [-0.39, 0.29) is 0 Å². The van der Waals surface area contributed by atoms with Gasteiger partial charge >= 0.3 is 6.09 Å². The molecule has 1 amide bonds. The molecule has 0 atom stereocenters. The third-order valence-electron chi connectivity index (χ3n) is 3.31. The van der Waals surface area contributed by atoms with Gasteiger partial charge in [0.25, 0.3) is 0 Å². The Balaban J connectivity index is 2.03. The number of rotatable bonds is 2. The molecule has 5 heteroatoms. The van der Waals surface area contributed by atoms with Crippen molar-refractivity contribution >= 4 is 22.6 Å². The molecular weight excluding hydrogens is 290 g/mol. The Morgan fingerprint density at radius 2 is 1.87 bits per heavy atom. The maximum absolute atomic E-state index is 12.1. The van der Waals surface area contributed by atoms with Gasteiger partial charge in [0.2, 0.25) is 0 Å². The number of benzene rings is 2. The van der Waals surface area contributed by atoms with Crippen LogP contribution in [0.4, 0.5) is 10.5 Å². The summed E-state index contributed by atoms with van der Waals surface area (Å²) in [6.45, 7) is 5.51.